The molecule has 10 rings (SSSR count). The molecule has 4 heteroatoms. The van der Waals surface area contributed by atoms with Crippen molar-refractivity contribution in [3.63, 3.8) is 0 Å². The third kappa shape index (κ3) is 8.68. The van der Waals surface area contributed by atoms with E-state index in [2.05, 4.69) is 272 Å². The molecule has 10 aromatic rings. The van der Waals surface area contributed by atoms with Crippen molar-refractivity contribution in [2.24, 2.45) is 0 Å². The third-order valence-corrected chi connectivity index (χ3v) is 19.6. The van der Waals surface area contributed by atoms with E-state index in [0.717, 1.165) is 17.1 Å². The van der Waals surface area contributed by atoms with Gasteiger partial charge >= 0.3 is 0 Å². The van der Waals surface area contributed by atoms with Gasteiger partial charge in [0.05, 0.1) is 11.4 Å². The normalized spacial score (nSPS) is 12.7. The molecule has 0 aromatic heterocycles. The van der Waals surface area contributed by atoms with Crippen molar-refractivity contribution in [2.45, 2.75) is 70.1 Å². The van der Waals surface area contributed by atoms with Gasteiger partial charge in [-0.05, 0) is 199 Å². The summed E-state index contributed by atoms with van der Waals surface area (Å²) in [6.45, 7) is 16.3. The molecule has 0 fully saturated rings. The number of hydrogen-bond acceptors (Lipinski definition) is 2. The van der Waals surface area contributed by atoms with E-state index in [1.54, 1.807) is 0 Å². The molecule has 0 bridgehead atoms. The fourth-order valence-corrected chi connectivity index (χ4v) is 13.8. The maximum Gasteiger partial charge on any atom is 0.0543 e. The van der Waals surface area contributed by atoms with Gasteiger partial charge < -0.3 is 9.80 Å². The van der Waals surface area contributed by atoms with Crippen LogP contribution in [0.5, 0.6) is 0 Å². The highest BCUT2D eigenvalue weighted by Gasteiger charge is 2.28. The van der Waals surface area contributed by atoms with Gasteiger partial charge in [0.15, 0.2) is 0 Å². The summed E-state index contributed by atoms with van der Waals surface area (Å²) in [6.07, 6.45) is 12.1. The molecule has 0 unspecified atom stereocenters. The summed E-state index contributed by atoms with van der Waals surface area (Å²) < 4.78 is 0. The number of nitrogens with zero attached hydrogens (tertiary/aromatic N) is 2. The fraction of sp³-hybridized carbons (Fsp3) is 0.224. The maximum atomic E-state index is 2.56. The lowest BCUT2D eigenvalue weighted by Crippen LogP contribution is -2.14. The minimum Gasteiger partial charge on any atom is -0.310 e. The second kappa shape index (κ2) is 18.9. The summed E-state index contributed by atoms with van der Waals surface area (Å²) in [4.78, 5) is 8.01. The largest absolute Gasteiger partial charge is 0.310 e. The van der Waals surface area contributed by atoms with E-state index in [-0.39, 0.29) is 11.8 Å². The van der Waals surface area contributed by atoms with Crippen LogP contribution in [0.15, 0.2) is 192 Å². The van der Waals surface area contributed by atoms with Crippen molar-refractivity contribution in [3.05, 3.63) is 204 Å². The van der Waals surface area contributed by atoms with Crippen molar-refractivity contribution in [3.8, 4) is 22.3 Å². The van der Waals surface area contributed by atoms with Crippen LogP contribution in [0.3, 0.4) is 0 Å². The molecule has 0 spiro atoms. The number of benzene rings is 10. The lowest BCUT2D eigenvalue weighted by atomic mass is 9.84. The first-order valence-corrected chi connectivity index (χ1v) is 30.8. The van der Waals surface area contributed by atoms with Crippen LogP contribution in [0.25, 0.3) is 54.6 Å². The molecule has 0 aliphatic carbocycles. The maximum absolute atomic E-state index is 2.56. The minimum atomic E-state index is -1.00. The zero-order chi connectivity index (χ0) is 49.9. The first-order valence-electron chi connectivity index (χ1n) is 25.4. The minimum absolute atomic E-state index is 0.280. The molecule has 0 aliphatic heterocycles. The zero-order valence-corrected chi connectivity index (χ0v) is 45.5. The third-order valence-electron chi connectivity index (χ3n) is 14.9. The Morgan fingerprint density at radius 3 is 1.18 bits per heavy atom. The lowest BCUT2D eigenvalue weighted by Gasteiger charge is -2.34. The van der Waals surface area contributed by atoms with E-state index in [9.17, 15) is 0 Å². The molecule has 0 heterocycles. The fourth-order valence-electron chi connectivity index (χ4n) is 10.9. The highest BCUT2D eigenvalue weighted by atomic mass is 32.3. The van der Waals surface area contributed by atoms with Crippen LogP contribution >= 0.6 is 20.1 Å². The summed E-state index contributed by atoms with van der Waals surface area (Å²) >= 11 is 0. The number of aryl methyl sites for hydroxylation is 2. The van der Waals surface area contributed by atoms with E-state index in [0.29, 0.717) is 0 Å². The van der Waals surface area contributed by atoms with Gasteiger partial charge in [-0.25, -0.2) is 20.1 Å². The van der Waals surface area contributed by atoms with Crippen LogP contribution in [0.1, 0.15) is 68.7 Å². The summed E-state index contributed by atoms with van der Waals surface area (Å²) in [5.74, 6) is 1.70. The van der Waals surface area contributed by atoms with Crippen molar-refractivity contribution >= 4 is 86.5 Å². The Bertz CT molecular complexity index is 3560. The van der Waals surface area contributed by atoms with Crippen molar-refractivity contribution < 1.29 is 0 Å². The van der Waals surface area contributed by atoms with Crippen LogP contribution in [-0.2, 0) is 0 Å². The van der Waals surface area contributed by atoms with Crippen molar-refractivity contribution in [1.82, 2.24) is 0 Å². The predicted molar refractivity (Wildman–Crippen MR) is 320 cm³/mol. The number of anilines is 6. The molecule has 0 aliphatic rings. The Morgan fingerprint density at radius 2 is 0.775 bits per heavy atom. The average Bonchev–Trinajstić information content (AvgIpc) is 3.37. The average molecular weight is 967 g/mol. The van der Waals surface area contributed by atoms with Crippen LogP contribution in [0.4, 0.5) is 34.1 Å². The molecular weight excluding hydrogens is 897 g/mol. The Labute approximate surface area is 427 Å². The van der Waals surface area contributed by atoms with Gasteiger partial charge in [0.1, 0.15) is 0 Å². The van der Waals surface area contributed by atoms with Crippen LogP contribution in [0, 0.1) is 13.8 Å². The van der Waals surface area contributed by atoms with Gasteiger partial charge in [-0.1, -0.05) is 156 Å². The zero-order valence-electron chi connectivity index (χ0n) is 43.9. The first kappa shape index (κ1) is 48.2. The second-order valence-corrected chi connectivity index (χ2v) is 29.6. The quantitative estimate of drug-likeness (QED) is 0.106. The Kier molecular flexibility index (Phi) is 12.9. The van der Waals surface area contributed by atoms with Gasteiger partial charge in [0.2, 0.25) is 0 Å². The molecule has 10 aromatic carbocycles. The molecule has 0 saturated carbocycles. The lowest BCUT2D eigenvalue weighted by molar-refractivity contribution is 0.875. The second-order valence-electron chi connectivity index (χ2n) is 21.4. The van der Waals surface area contributed by atoms with Gasteiger partial charge in [0.25, 0.3) is 0 Å². The van der Waals surface area contributed by atoms with Crippen LogP contribution in [-0.4, -0.2) is 37.0 Å². The molecule has 71 heavy (non-hydrogen) atoms. The molecule has 0 radical (unpaired) electrons. The van der Waals surface area contributed by atoms with Gasteiger partial charge in [-0.2, -0.15) is 0 Å². The Balaban J connectivity index is 1.28. The predicted octanol–water partition coefficient (Wildman–Crippen LogP) is 20.2. The molecule has 0 amide bonds. The molecule has 0 N–H and O–H groups in total. The van der Waals surface area contributed by atoms with E-state index in [1.165, 1.54) is 109 Å². The summed E-state index contributed by atoms with van der Waals surface area (Å²) in [6, 6.07) is 69.3. The summed E-state index contributed by atoms with van der Waals surface area (Å²) in [7, 11) is -1.99. The van der Waals surface area contributed by atoms with Crippen LogP contribution in [0.2, 0.25) is 0 Å². The van der Waals surface area contributed by atoms with E-state index < -0.39 is 20.1 Å². The number of rotatable bonds is 13. The molecule has 360 valence electrons. The van der Waals surface area contributed by atoms with Gasteiger partial charge in [0, 0.05) is 33.5 Å². The first-order chi connectivity index (χ1) is 34.1. The molecule has 0 atom stereocenters. The van der Waals surface area contributed by atoms with Gasteiger partial charge in [-0.3, -0.25) is 0 Å². The monoisotopic (exact) mass is 966 g/mol. The van der Waals surface area contributed by atoms with Crippen molar-refractivity contribution in [1.29, 1.82) is 0 Å². The molecular formula is C67H70N2S2. The topological polar surface area (TPSA) is 6.48 Å². The smallest absolute Gasteiger partial charge is 0.0543 e. The molecule has 2 nitrogen and oxygen atoms in total. The van der Waals surface area contributed by atoms with Gasteiger partial charge in [-0.15, -0.1) is 0 Å². The summed E-state index contributed by atoms with van der Waals surface area (Å²) in [5.41, 5.74) is 17.4. The number of hydrogen-bond donors (Lipinski definition) is 0. The van der Waals surface area contributed by atoms with Crippen molar-refractivity contribution in [2.75, 3.05) is 46.8 Å². The molecule has 0 saturated heterocycles. The van der Waals surface area contributed by atoms with E-state index >= 15 is 0 Å². The van der Waals surface area contributed by atoms with Crippen LogP contribution < -0.4 is 9.80 Å². The number of para-hydroxylation sites is 2. The van der Waals surface area contributed by atoms with E-state index in [1.807, 2.05) is 0 Å². The highest BCUT2D eigenvalue weighted by Crippen LogP contribution is 2.55. The SMILES string of the molecule is CCS(C)(C)c1ccccc1-c1ccc(C)c(N(c2ccccc2)c2cc(C(C)C)c3ccc4c(N(c5ccccc5)c5cc(-c6ccccc6S(C)(C)C)ccc5C)cc(C(C)C)c5ccc2c3c54)c1. The highest BCUT2D eigenvalue weighted by molar-refractivity contribution is 8.32. The Hall–Kier alpha value is -6.46. The Morgan fingerprint density at radius 1 is 0.394 bits per heavy atom. The summed E-state index contributed by atoms with van der Waals surface area (Å²) in [5, 5.41) is 7.82. The van der Waals surface area contributed by atoms with E-state index in [4.69, 9.17) is 0 Å². The standard InChI is InChI=1S/C67H70N2S2/c1-13-71(11,12)65-31-23-21-29-53(65)49-35-33-47(7)61(41-49)69(51-26-18-15-19-27-51)63-43-59(45(4)5)55-36-38-56-62(42-58(44(2)3)54-37-39-57(63)67(55)66(54)56)68(50-24-16-14-17-25-50)60-40-48(34-32-46(60)6)52-28-20-22-30-64(52)70(8,9)10/h14-45H,13H2,1-12H3.